The van der Waals surface area contributed by atoms with Crippen molar-refractivity contribution in [3.63, 3.8) is 0 Å². The molecule has 1 aliphatic rings. The quantitative estimate of drug-likeness (QED) is 0.595. The Morgan fingerprint density at radius 2 is 2.24 bits per heavy atom. The lowest BCUT2D eigenvalue weighted by Crippen LogP contribution is -2.48. The van der Waals surface area contributed by atoms with Gasteiger partial charge in [0.1, 0.15) is 0 Å². The fourth-order valence-corrected chi connectivity index (χ4v) is 3.54. The molecule has 1 aliphatic heterocycles. The van der Waals surface area contributed by atoms with Crippen LogP contribution in [0.4, 0.5) is 4.79 Å². The number of piperidine rings is 1. The second-order valence-corrected chi connectivity index (χ2v) is 7.34. The van der Waals surface area contributed by atoms with Gasteiger partial charge in [0.05, 0.1) is 17.3 Å². The highest BCUT2D eigenvalue weighted by molar-refractivity contribution is 7.09. The Kier molecular flexibility index (Phi) is 7.49. The molecule has 140 valence electrons. The second-order valence-electron chi connectivity index (χ2n) is 6.45. The average molecular weight is 368 g/mol. The fourth-order valence-electron chi connectivity index (χ4n) is 2.67. The van der Waals surface area contributed by atoms with E-state index in [9.17, 15) is 4.79 Å². The Morgan fingerprint density at radius 3 is 2.84 bits per heavy atom. The van der Waals surface area contributed by atoms with Gasteiger partial charge in [-0.1, -0.05) is 13.8 Å². The molecule has 0 atom stereocenters. The molecular formula is C17H29N5O2S. The topological polar surface area (TPSA) is 92.8 Å². The molecule has 0 aliphatic carbocycles. The number of amides is 1. The summed E-state index contributed by atoms with van der Waals surface area (Å²) in [5, 5.41) is 6.51. The zero-order valence-corrected chi connectivity index (χ0v) is 16.1. The molecule has 0 spiro atoms. The summed E-state index contributed by atoms with van der Waals surface area (Å²) in [6.07, 6.45) is 2.26. The van der Waals surface area contributed by atoms with Crippen LogP contribution in [-0.4, -0.2) is 54.2 Å². The molecule has 7 nitrogen and oxygen atoms in total. The highest BCUT2D eigenvalue weighted by atomic mass is 32.1. The van der Waals surface area contributed by atoms with Crippen molar-refractivity contribution in [1.29, 1.82) is 0 Å². The highest BCUT2D eigenvalue weighted by Gasteiger charge is 2.23. The number of hydrogen-bond acceptors (Lipinski definition) is 5. The molecule has 0 bridgehead atoms. The summed E-state index contributed by atoms with van der Waals surface area (Å²) >= 11 is 1.70. The van der Waals surface area contributed by atoms with Crippen LogP contribution in [0.2, 0.25) is 0 Å². The summed E-state index contributed by atoms with van der Waals surface area (Å²) < 4.78 is 5.02. The Hall–Kier alpha value is -1.83. The monoisotopic (exact) mass is 367 g/mol. The zero-order valence-electron chi connectivity index (χ0n) is 15.3. The van der Waals surface area contributed by atoms with Crippen LogP contribution in [0.1, 0.15) is 50.2 Å². The van der Waals surface area contributed by atoms with Crippen LogP contribution in [0, 0.1) is 0 Å². The van der Waals surface area contributed by atoms with Crippen LogP contribution >= 0.6 is 11.3 Å². The van der Waals surface area contributed by atoms with Gasteiger partial charge in [0, 0.05) is 43.4 Å². The first-order valence-electron chi connectivity index (χ1n) is 8.92. The predicted molar refractivity (Wildman–Crippen MR) is 101 cm³/mol. The van der Waals surface area contributed by atoms with E-state index < -0.39 is 0 Å². The van der Waals surface area contributed by atoms with E-state index >= 15 is 0 Å². The van der Waals surface area contributed by atoms with Gasteiger partial charge in [0.25, 0.3) is 0 Å². The van der Waals surface area contributed by atoms with Gasteiger partial charge in [-0.05, 0) is 19.8 Å². The lowest BCUT2D eigenvalue weighted by atomic mass is 10.1. The first-order valence-corrected chi connectivity index (χ1v) is 9.80. The molecule has 0 unspecified atom stereocenters. The number of likely N-dealkylation sites (tertiary alicyclic amines) is 1. The van der Waals surface area contributed by atoms with Gasteiger partial charge in [-0.2, -0.15) is 0 Å². The number of aromatic nitrogens is 1. The number of carbonyl (C=O) groups is 1. The summed E-state index contributed by atoms with van der Waals surface area (Å²) in [5.41, 5.74) is 7.06. The smallest absolute Gasteiger partial charge is 0.409 e. The molecule has 0 aromatic carbocycles. The van der Waals surface area contributed by atoms with Crippen molar-refractivity contribution in [3.8, 4) is 0 Å². The van der Waals surface area contributed by atoms with Crippen LogP contribution < -0.4 is 11.1 Å². The molecule has 1 amide bonds. The number of nitrogens with one attached hydrogen (secondary N) is 1. The van der Waals surface area contributed by atoms with Gasteiger partial charge in [-0.15, -0.1) is 11.3 Å². The standard InChI is InChI=1S/C17H29N5O2S/c1-4-24-17(23)22-9-6-13(7-10-22)21-16(18)19-8-5-14-11-25-15(20-14)12(2)3/h11-13H,4-10H2,1-3H3,(H3,18,19,21). The Morgan fingerprint density at radius 1 is 1.52 bits per heavy atom. The van der Waals surface area contributed by atoms with E-state index in [1.807, 2.05) is 6.92 Å². The van der Waals surface area contributed by atoms with Crippen molar-refractivity contribution in [2.24, 2.45) is 10.7 Å². The van der Waals surface area contributed by atoms with Gasteiger partial charge < -0.3 is 20.7 Å². The summed E-state index contributed by atoms with van der Waals surface area (Å²) in [5.74, 6) is 0.934. The molecule has 1 fully saturated rings. The molecule has 0 saturated carbocycles. The summed E-state index contributed by atoms with van der Waals surface area (Å²) in [6, 6.07) is 0.251. The van der Waals surface area contributed by atoms with E-state index in [2.05, 4.69) is 34.5 Å². The van der Waals surface area contributed by atoms with E-state index in [0.29, 0.717) is 38.1 Å². The number of guanidine groups is 1. The van der Waals surface area contributed by atoms with Crippen LogP contribution in [0.25, 0.3) is 0 Å². The predicted octanol–water partition coefficient (Wildman–Crippen LogP) is 2.33. The maximum absolute atomic E-state index is 11.7. The Labute approximate surface area is 153 Å². The number of thiazole rings is 1. The maximum atomic E-state index is 11.7. The van der Waals surface area contributed by atoms with Crippen LogP contribution in [0.15, 0.2) is 10.4 Å². The van der Waals surface area contributed by atoms with E-state index in [-0.39, 0.29) is 12.1 Å². The van der Waals surface area contributed by atoms with Gasteiger partial charge in [-0.25, -0.2) is 9.78 Å². The normalized spacial score (nSPS) is 16.3. The van der Waals surface area contributed by atoms with E-state index in [1.165, 1.54) is 5.01 Å². The van der Waals surface area contributed by atoms with Gasteiger partial charge >= 0.3 is 6.09 Å². The second kappa shape index (κ2) is 9.60. The molecule has 1 aromatic heterocycles. The zero-order chi connectivity index (χ0) is 18.2. The number of aliphatic imine (C=N–C) groups is 1. The minimum Gasteiger partial charge on any atom is -0.450 e. The molecule has 2 rings (SSSR count). The van der Waals surface area contributed by atoms with Gasteiger partial charge in [0.15, 0.2) is 5.96 Å². The summed E-state index contributed by atoms with van der Waals surface area (Å²) in [7, 11) is 0. The largest absolute Gasteiger partial charge is 0.450 e. The van der Waals surface area contributed by atoms with Crippen molar-refractivity contribution in [3.05, 3.63) is 16.1 Å². The molecule has 1 aromatic rings. The SMILES string of the molecule is CCOC(=O)N1CCC(NC(N)=NCCc2csc(C(C)C)n2)CC1. The third kappa shape index (κ3) is 6.19. The van der Waals surface area contributed by atoms with E-state index in [1.54, 1.807) is 16.2 Å². The number of nitrogens with zero attached hydrogens (tertiary/aromatic N) is 3. The summed E-state index contributed by atoms with van der Waals surface area (Å²) in [6.45, 7) is 8.52. The lowest BCUT2D eigenvalue weighted by Gasteiger charge is -2.31. The average Bonchev–Trinajstić information content (AvgIpc) is 3.05. The van der Waals surface area contributed by atoms with Gasteiger partial charge in [0.2, 0.25) is 0 Å². The number of rotatable bonds is 6. The molecule has 2 heterocycles. The first kappa shape index (κ1) is 19.5. The molecular weight excluding hydrogens is 338 g/mol. The first-order chi connectivity index (χ1) is 12.0. The third-order valence-electron chi connectivity index (χ3n) is 4.09. The molecule has 8 heteroatoms. The minimum absolute atomic E-state index is 0.230. The minimum atomic E-state index is -0.230. The van der Waals surface area contributed by atoms with Crippen molar-refractivity contribution in [2.75, 3.05) is 26.2 Å². The van der Waals surface area contributed by atoms with Crippen molar-refractivity contribution in [2.45, 2.75) is 52.0 Å². The van der Waals surface area contributed by atoms with Crippen molar-refractivity contribution >= 4 is 23.4 Å². The lowest BCUT2D eigenvalue weighted by molar-refractivity contribution is 0.0963. The third-order valence-corrected chi connectivity index (χ3v) is 5.28. The number of hydrogen-bond donors (Lipinski definition) is 2. The number of ether oxygens (including phenoxy) is 1. The molecule has 3 N–H and O–H groups in total. The highest BCUT2D eigenvalue weighted by Crippen LogP contribution is 2.19. The van der Waals surface area contributed by atoms with E-state index in [4.69, 9.17) is 10.5 Å². The number of nitrogens with two attached hydrogens (primary N) is 1. The fraction of sp³-hybridized carbons (Fsp3) is 0.706. The Balaban J connectivity index is 1.70. The van der Waals surface area contributed by atoms with Crippen molar-refractivity contribution in [1.82, 2.24) is 15.2 Å². The maximum Gasteiger partial charge on any atom is 0.409 e. The Bertz CT molecular complexity index is 579. The van der Waals surface area contributed by atoms with Crippen LogP contribution in [0.3, 0.4) is 0 Å². The van der Waals surface area contributed by atoms with Crippen LogP contribution in [-0.2, 0) is 11.2 Å². The summed E-state index contributed by atoms with van der Waals surface area (Å²) in [4.78, 5) is 22.4. The van der Waals surface area contributed by atoms with E-state index in [0.717, 1.165) is 25.0 Å². The molecule has 1 saturated heterocycles. The number of carbonyl (C=O) groups excluding carboxylic acids is 1. The van der Waals surface area contributed by atoms with Crippen LogP contribution in [0.5, 0.6) is 0 Å². The molecule has 25 heavy (non-hydrogen) atoms. The molecule has 0 radical (unpaired) electrons. The van der Waals surface area contributed by atoms with Gasteiger partial charge in [-0.3, -0.25) is 4.99 Å². The van der Waals surface area contributed by atoms with Crippen molar-refractivity contribution < 1.29 is 9.53 Å².